The molecule has 1 atom stereocenters. The molecule has 35 heavy (non-hydrogen) atoms. The number of nitrogens with one attached hydrogen (secondary N) is 1. The second-order valence-electron chi connectivity index (χ2n) is 9.35. The first kappa shape index (κ1) is 28.9. The molecule has 0 bridgehead atoms. The molecule has 2 amide bonds. The van der Waals surface area contributed by atoms with Gasteiger partial charge in [-0.3, -0.25) is 13.9 Å². The molecule has 0 saturated carbocycles. The molecule has 0 aliphatic heterocycles. The summed E-state index contributed by atoms with van der Waals surface area (Å²) in [5.74, 6) is -0.801. The maximum atomic E-state index is 13.6. The molecule has 0 aliphatic carbocycles. The van der Waals surface area contributed by atoms with Crippen molar-refractivity contribution in [1.29, 1.82) is 0 Å². The Morgan fingerprint density at radius 2 is 1.69 bits per heavy atom. The van der Waals surface area contributed by atoms with E-state index in [0.29, 0.717) is 17.9 Å². The van der Waals surface area contributed by atoms with Crippen molar-refractivity contribution in [3.8, 4) is 0 Å². The molecule has 0 aliphatic rings. The Morgan fingerprint density at radius 1 is 1.06 bits per heavy atom. The lowest BCUT2D eigenvalue weighted by Crippen LogP contribution is -2.56. The molecule has 2 aromatic carbocycles. The largest absolute Gasteiger partial charge is 0.350 e. The van der Waals surface area contributed by atoms with Gasteiger partial charge < -0.3 is 10.2 Å². The molecule has 0 saturated heterocycles. The topological polar surface area (TPSA) is 86.8 Å². The van der Waals surface area contributed by atoms with Crippen LogP contribution in [-0.2, 0) is 26.0 Å². The van der Waals surface area contributed by atoms with E-state index < -0.39 is 34.1 Å². The van der Waals surface area contributed by atoms with Crippen molar-refractivity contribution in [2.45, 2.75) is 52.1 Å². The number of rotatable bonds is 10. The molecule has 192 valence electrons. The lowest BCUT2D eigenvalue weighted by molar-refractivity contribution is -0.140. The summed E-state index contributed by atoms with van der Waals surface area (Å²) < 4.78 is 26.2. The minimum Gasteiger partial charge on any atom is -0.350 e. The van der Waals surface area contributed by atoms with Crippen LogP contribution in [0.4, 0.5) is 5.69 Å². The van der Waals surface area contributed by atoms with Crippen LogP contribution in [0.3, 0.4) is 0 Å². The first-order valence-corrected chi connectivity index (χ1v) is 13.9. The van der Waals surface area contributed by atoms with Crippen molar-refractivity contribution >= 4 is 50.7 Å². The van der Waals surface area contributed by atoms with Gasteiger partial charge in [-0.2, -0.15) is 0 Å². The smallest absolute Gasteiger partial charge is 0.244 e. The van der Waals surface area contributed by atoms with E-state index >= 15 is 0 Å². The third-order valence-electron chi connectivity index (χ3n) is 5.23. The van der Waals surface area contributed by atoms with Gasteiger partial charge in [0, 0.05) is 17.1 Å². The molecule has 0 aromatic heterocycles. The number of benzene rings is 2. The van der Waals surface area contributed by atoms with Crippen LogP contribution in [0.15, 0.2) is 48.5 Å². The Morgan fingerprint density at radius 3 is 2.20 bits per heavy atom. The van der Waals surface area contributed by atoms with Crippen LogP contribution in [0.1, 0.15) is 39.7 Å². The zero-order valence-corrected chi connectivity index (χ0v) is 23.0. The monoisotopic (exact) mass is 541 g/mol. The minimum absolute atomic E-state index is 0.101. The first-order chi connectivity index (χ1) is 16.2. The molecular formula is C25H33Cl2N3O4S. The fourth-order valence-corrected chi connectivity index (χ4v) is 5.05. The van der Waals surface area contributed by atoms with Gasteiger partial charge in [-0.1, -0.05) is 60.5 Å². The predicted octanol–water partition coefficient (Wildman–Crippen LogP) is 4.52. The number of hydrogen-bond acceptors (Lipinski definition) is 4. The van der Waals surface area contributed by atoms with E-state index in [0.717, 1.165) is 16.1 Å². The van der Waals surface area contributed by atoms with Crippen LogP contribution in [0.25, 0.3) is 0 Å². The van der Waals surface area contributed by atoms with E-state index in [1.807, 2.05) is 58.0 Å². The van der Waals surface area contributed by atoms with Crippen LogP contribution in [0, 0.1) is 0 Å². The van der Waals surface area contributed by atoms with Gasteiger partial charge in [0.1, 0.15) is 12.6 Å². The standard InChI is InChI=1S/C25H33Cl2N3O4S/c1-6-21(24(32)28-25(2,3)4)29(15-14-18-10-8-7-9-11-18)23(31)17-30(35(5,33)34)22-13-12-19(26)16-20(22)27/h7-13,16,21H,6,14-15,17H2,1-5H3,(H,28,32)/t21-/m1/s1. The molecular weight excluding hydrogens is 509 g/mol. The number of halogens is 2. The number of hydrogen-bond donors (Lipinski definition) is 1. The highest BCUT2D eigenvalue weighted by Crippen LogP contribution is 2.30. The van der Waals surface area contributed by atoms with E-state index in [2.05, 4.69) is 5.32 Å². The minimum atomic E-state index is -3.87. The van der Waals surface area contributed by atoms with Gasteiger partial charge in [-0.25, -0.2) is 8.42 Å². The summed E-state index contributed by atoms with van der Waals surface area (Å²) in [5, 5.41) is 3.38. The van der Waals surface area contributed by atoms with Gasteiger partial charge in [-0.05, 0) is 57.4 Å². The van der Waals surface area contributed by atoms with E-state index in [1.54, 1.807) is 0 Å². The van der Waals surface area contributed by atoms with Crippen molar-refractivity contribution in [2.24, 2.45) is 0 Å². The fourth-order valence-electron chi connectivity index (χ4n) is 3.63. The van der Waals surface area contributed by atoms with Gasteiger partial charge in [0.2, 0.25) is 21.8 Å². The van der Waals surface area contributed by atoms with E-state index in [4.69, 9.17) is 23.2 Å². The Bertz CT molecular complexity index is 1140. The predicted molar refractivity (Wildman–Crippen MR) is 142 cm³/mol. The molecule has 10 heteroatoms. The van der Waals surface area contributed by atoms with Crippen molar-refractivity contribution in [1.82, 2.24) is 10.2 Å². The molecule has 0 fully saturated rings. The van der Waals surface area contributed by atoms with Crippen LogP contribution in [0.5, 0.6) is 0 Å². The van der Waals surface area contributed by atoms with Gasteiger partial charge in [0.05, 0.1) is 17.0 Å². The Balaban J connectivity index is 2.41. The summed E-state index contributed by atoms with van der Waals surface area (Å²) in [5.41, 5.74) is 0.646. The third kappa shape index (κ3) is 8.70. The van der Waals surface area contributed by atoms with Crippen molar-refractivity contribution in [3.05, 3.63) is 64.1 Å². The number of anilines is 1. The van der Waals surface area contributed by atoms with Crippen LogP contribution in [0.2, 0.25) is 10.0 Å². The fraction of sp³-hybridized carbons (Fsp3) is 0.440. The molecule has 2 aromatic rings. The summed E-state index contributed by atoms with van der Waals surface area (Å²) in [6.07, 6.45) is 1.87. The van der Waals surface area contributed by atoms with Crippen LogP contribution < -0.4 is 9.62 Å². The van der Waals surface area contributed by atoms with Gasteiger partial charge >= 0.3 is 0 Å². The van der Waals surface area contributed by atoms with Gasteiger partial charge in [0.15, 0.2) is 0 Å². The summed E-state index contributed by atoms with van der Waals surface area (Å²) in [4.78, 5) is 28.2. The molecule has 2 rings (SSSR count). The number of nitrogens with zero attached hydrogens (tertiary/aromatic N) is 2. The average Bonchev–Trinajstić information content (AvgIpc) is 2.74. The third-order valence-corrected chi connectivity index (χ3v) is 6.89. The lowest BCUT2D eigenvalue weighted by atomic mass is 10.1. The number of carbonyl (C=O) groups excluding carboxylic acids is 2. The Labute approximate surface area is 218 Å². The highest BCUT2D eigenvalue weighted by atomic mass is 35.5. The summed E-state index contributed by atoms with van der Waals surface area (Å²) in [7, 11) is -3.87. The second kappa shape index (κ2) is 12.1. The normalized spacial score (nSPS) is 12.7. The summed E-state index contributed by atoms with van der Waals surface area (Å²) in [6.45, 7) is 7.14. The van der Waals surface area contributed by atoms with Gasteiger partial charge in [0.25, 0.3) is 0 Å². The molecule has 1 N–H and O–H groups in total. The Hall–Kier alpha value is -2.29. The molecule has 0 radical (unpaired) electrons. The van der Waals surface area contributed by atoms with Crippen LogP contribution >= 0.6 is 23.2 Å². The molecule has 0 unspecified atom stereocenters. The SMILES string of the molecule is CC[C@H](C(=O)NC(C)(C)C)N(CCc1ccccc1)C(=O)CN(c1ccc(Cl)cc1Cl)S(C)(=O)=O. The van der Waals surface area contributed by atoms with Crippen molar-refractivity contribution in [3.63, 3.8) is 0 Å². The summed E-state index contributed by atoms with van der Waals surface area (Å²) in [6, 6.07) is 13.2. The first-order valence-electron chi connectivity index (χ1n) is 11.3. The zero-order chi connectivity index (χ0) is 26.4. The molecule has 0 spiro atoms. The van der Waals surface area contributed by atoms with Crippen molar-refractivity contribution < 1.29 is 18.0 Å². The lowest BCUT2D eigenvalue weighted by Gasteiger charge is -2.34. The number of carbonyl (C=O) groups is 2. The van der Waals surface area contributed by atoms with E-state index in [9.17, 15) is 18.0 Å². The quantitative estimate of drug-likeness (QED) is 0.478. The van der Waals surface area contributed by atoms with E-state index in [1.165, 1.54) is 23.1 Å². The molecule has 7 nitrogen and oxygen atoms in total. The highest BCUT2D eigenvalue weighted by molar-refractivity contribution is 7.92. The molecule has 0 heterocycles. The maximum Gasteiger partial charge on any atom is 0.244 e. The average molecular weight is 543 g/mol. The van der Waals surface area contributed by atoms with Crippen molar-refractivity contribution in [2.75, 3.05) is 23.7 Å². The summed E-state index contributed by atoms with van der Waals surface area (Å²) >= 11 is 12.2. The number of sulfonamides is 1. The van der Waals surface area contributed by atoms with Crippen LogP contribution in [-0.4, -0.2) is 56.1 Å². The Kier molecular flexibility index (Phi) is 10.0. The zero-order valence-electron chi connectivity index (χ0n) is 20.7. The maximum absolute atomic E-state index is 13.6. The van der Waals surface area contributed by atoms with Gasteiger partial charge in [-0.15, -0.1) is 0 Å². The second-order valence-corrected chi connectivity index (χ2v) is 12.1. The van der Waals surface area contributed by atoms with E-state index in [-0.39, 0.29) is 23.2 Å². The highest BCUT2D eigenvalue weighted by Gasteiger charge is 2.33. The number of amides is 2.